The Kier molecular flexibility index (Phi) is 2.95. The van der Waals surface area contributed by atoms with Crippen LogP contribution < -0.4 is 0 Å². The molecule has 80 valence electrons. The molecule has 1 heterocycles. The zero-order chi connectivity index (χ0) is 11.7. The van der Waals surface area contributed by atoms with Gasteiger partial charge in [0.25, 0.3) is 0 Å². The molecule has 1 aromatic heterocycles. The Balaban J connectivity index is 2.59. The molecular weight excluding hydrogens is 240 g/mol. The molecule has 0 saturated carbocycles. The van der Waals surface area contributed by atoms with E-state index in [-0.39, 0.29) is 0 Å². The minimum Gasteiger partial charge on any atom is -0.224 e. The van der Waals surface area contributed by atoms with Crippen LogP contribution in [0.1, 0.15) is 16.8 Å². The van der Waals surface area contributed by atoms with Gasteiger partial charge in [0, 0.05) is 5.56 Å². The third-order valence-electron chi connectivity index (χ3n) is 2.32. The fourth-order valence-corrected chi connectivity index (χ4v) is 2.58. The van der Waals surface area contributed by atoms with Crippen LogP contribution in [0.5, 0.6) is 0 Å². The fourth-order valence-electron chi connectivity index (χ4n) is 1.45. The molecule has 0 fully saturated rings. The number of hydrogen-bond donors (Lipinski definition) is 0. The Hall–Kier alpha value is -1.37. The second-order valence-corrected chi connectivity index (χ2v) is 5.17. The molecule has 0 aliphatic heterocycles. The molecule has 2 nitrogen and oxygen atoms in total. The van der Waals surface area contributed by atoms with Gasteiger partial charge < -0.3 is 0 Å². The number of rotatable bonds is 1. The summed E-state index contributed by atoms with van der Waals surface area (Å²) < 4.78 is 0.457. The van der Waals surface area contributed by atoms with Gasteiger partial charge in [-0.05, 0) is 25.5 Å². The molecule has 0 N–H and O–H groups in total. The summed E-state index contributed by atoms with van der Waals surface area (Å²) in [5.41, 5.74) is 3.67. The maximum absolute atomic E-state index is 8.81. The number of aromatic nitrogens is 1. The van der Waals surface area contributed by atoms with Gasteiger partial charge in [-0.3, -0.25) is 0 Å². The van der Waals surface area contributed by atoms with Crippen molar-refractivity contribution < 1.29 is 0 Å². The minimum atomic E-state index is 0.308. The highest BCUT2D eigenvalue weighted by Crippen LogP contribution is 2.33. The van der Waals surface area contributed by atoms with Crippen molar-refractivity contribution in [3.05, 3.63) is 39.4 Å². The average molecular weight is 249 g/mol. The van der Waals surface area contributed by atoms with Gasteiger partial charge in [-0.2, -0.15) is 5.26 Å². The number of hydrogen-bond acceptors (Lipinski definition) is 3. The van der Waals surface area contributed by atoms with Crippen molar-refractivity contribution in [2.45, 2.75) is 13.8 Å². The second-order valence-electron chi connectivity index (χ2n) is 3.57. The molecule has 2 rings (SSSR count). The normalized spacial score (nSPS) is 10.1. The first-order chi connectivity index (χ1) is 7.61. The molecule has 0 aliphatic carbocycles. The van der Waals surface area contributed by atoms with Crippen molar-refractivity contribution in [2.75, 3.05) is 0 Å². The second kappa shape index (κ2) is 4.25. The lowest BCUT2D eigenvalue weighted by atomic mass is 10.1. The largest absolute Gasteiger partial charge is 0.224 e. The van der Waals surface area contributed by atoms with Gasteiger partial charge in [-0.25, -0.2) is 4.98 Å². The number of nitriles is 1. The van der Waals surface area contributed by atoms with Crippen LogP contribution in [0, 0.1) is 25.2 Å². The third-order valence-corrected chi connectivity index (χ3v) is 3.60. The standard InChI is InChI=1S/C12H9ClN2S/c1-7-3-4-8(2)9(5-7)12-15-10(6-14)11(13)16-12/h3-5H,1-2H3. The van der Waals surface area contributed by atoms with Gasteiger partial charge >= 0.3 is 0 Å². The van der Waals surface area contributed by atoms with Crippen LogP contribution in [0.4, 0.5) is 0 Å². The van der Waals surface area contributed by atoms with E-state index in [0.717, 1.165) is 16.1 Å². The predicted molar refractivity (Wildman–Crippen MR) is 66.7 cm³/mol. The molecule has 4 heteroatoms. The Bertz CT molecular complexity index is 581. The molecule has 0 spiro atoms. The molecule has 16 heavy (non-hydrogen) atoms. The molecule has 0 saturated heterocycles. The zero-order valence-corrected chi connectivity index (χ0v) is 10.5. The van der Waals surface area contributed by atoms with E-state index in [0.29, 0.717) is 10.0 Å². The number of benzene rings is 1. The number of halogens is 1. The van der Waals surface area contributed by atoms with E-state index >= 15 is 0 Å². The molecule has 1 aromatic carbocycles. The fraction of sp³-hybridized carbons (Fsp3) is 0.167. The van der Waals surface area contributed by atoms with Crippen LogP contribution in [0.2, 0.25) is 4.34 Å². The van der Waals surface area contributed by atoms with E-state index in [1.54, 1.807) is 0 Å². The summed E-state index contributed by atoms with van der Waals surface area (Å²) in [6.07, 6.45) is 0. The van der Waals surface area contributed by atoms with Crippen molar-refractivity contribution in [1.29, 1.82) is 5.26 Å². The molecule has 0 bridgehead atoms. The van der Waals surface area contributed by atoms with E-state index in [4.69, 9.17) is 16.9 Å². The third kappa shape index (κ3) is 1.95. The predicted octanol–water partition coefficient (Wildman–Crippen LogP) is 3.95. The van der Waals surface area contributed by atoms with E-state index < -0.39 is 0 Å². The van der Waals surface area contributed by atoms with Crippen LogP contribution in [0.3, 0.4) is 0 Å². The van der Waals surface area contributed by atoms with Crippen LogP contribution in [-0.4, -0.2) is 4.98 Å². The lowest BCUT2D eigenvalue weighted by Gasteiger charge is -2.02. The summed E-state index contributed by atoms with van der Waals surface area (Å²) in [6.45, 7) is 4.06. The monoisotopic (exact) mass is 248 g/mol. The minimum absolute atomic E-state index is 0.308. The van der Waals surface area contributed by atoms with Crippen molar-refractivity contribution >= 4 is 22.9 Å². The van der Waals surface area contributed by atoms with Gasteiger partial charge in [-0.1, -0.05) is 29.3 Å². The topological polar surface area (TPSA) is 36.7 Å². The molecular formula is C12H9ClN2S. The van der Waals surface area contributed by atoms with Crippen LogP contribution in [0.25, 0.3) is 10.6 Å². The Morgan fingerprint density at radius 3 is 2.75 bits per heavy atom. The smallest absolute Gasteiger partial charge is 0.170 e. The van der Waals surface area contributed by atoms with Crippen LogP contribution in [0.15, 0.2) is 18.2 Å². The zero-order valence-electron chi connectivity index (χ0n) is 8.91. The molecule has 2 aromatic rings. The molecule has 0 radical (unpaired) electrons. The summed E-state index contributed by atoms with van der Waals surface area (Å²) in [4.78, 5) is 4.23. The van der Waals surface area contributed by atoms with E-state index in [2.05, 4.69) is 17.1 Å². The van der Waals surface area contributed by atoms with E-state index in [1.807, 2.05) is 26.0 Å². The van der Waals surface area contributed by atoms with Crippen molar-refractivity contribution in [3.8, 4) is 16.6 Å². The molecule has 0 unspecified atom stereocenters. The highest BCUT2D eigenvalue weighted by molar-refractivity contribution is 7.19. The maximum atomic E-state index is 8.81. The van der Waals surface area contributed by atoms with Gasteiger partial charge in [0.2, 0.25) is 0 Å². The molecule has 0 atom stereocenters. The Morgan fingerprint density at radius 2 is 2.12 bits per heavy atom. The van der Waals surface area contributed by atoms with E-state index in [1.165, 1.54) is 16.9 Å². The van der Waals surface area contributed by atoms with Crippen molar-refractivity contribution in [2.24, 2.45) is 0 Å². The van der Waals surface area contributed by atoms with Gasteiger partial charge in [0.05, 0.1) is 0 Å². The summed E-state index contributed by atoms with van der Waals surface area (Å²) in [7, 11) is 0. The van der Waals surface area contributed by atoms with Crippen LogP contribution in [-0.2, 0) is 0 Å². The van der Waals surface area contributed by atoms with E-state index in [9.17, 15) is 0 Å². The summed E-state index contributed by atoms with van der Waals surface area (Å²) in [5.74, 6) is 0. The summed E-state index contributed by atoms with van der Waals surface area (Å²) in [5, 5.41) is 9.62. The maximum Gasteiger partial charge on any atom is 0.170 e. The molecule has 0 amide bonds. The summed E-state index contributed by atoms with van der Waals surface area (Å²) in [6, 6.07) is 8.15. The first-order valence-electron chi connectivity index (χ1n) is 4.76. The number of thiazole rings is 1. The van der Waals surface area contributed by atoms with Gasteiger partial charge in [0.15, 0.2) is 5.69 Å². The van der Waals surface area contributed by atoms with Crippen LogP contribution >= 0.6 is 22.9 Å². The quantitative estimate of drug-likeness (QED) is 0.766. The highest BCUT2D eigenvalue weighted by atomic mass is 35.5. The summed E-state index contributed by atoms with van der Waals surface area (Å²) >= 11 is 7.27. The first-order valence-corrected chi connectivity index (χ1v) is 5.95. The van der Waals surface area contributed by atoms with Crippen molar-refractivity contribution in [1.82, 2.24) is 4.98 Å². The first kappa shape index (κ1) is 11.1. The lowest BCUT2D eigenvalue weighted by molar-refractivity contribution is 1.31. The molecule has 0 aliphatic rings. The Labute approximate surface area is 103 Å². The average Bonchev–Trinajstić information content (AvgIpc) is 2.63. The van der Waals surface area contributed by atoms with Gasteiger partial charge in [-0.15, -0.1) is 11.3 Å². The number of aryl methyl sites for hydroxylation is 2. The highest BCUT2D eigenvalue weighted by Gasteiger charge is 2.12. The van der Waals surface area contributed by atoms with Gasteiger partial charge in [0.1, 0.15) is 15.4 Å². The number of nitrogens with zero attached hydrogens (tertiary/aromatic N) is 2. The SMILES string of the molecule is Cc1ccc(C)c(-c2nc(C#N)c(Cl)s2)c1. The Morgan fingerprint density at radius 1 is 1.38 bits per heavy atom. The van der Waals surface area contributed by atoms with Crippen molar-refractivity contribution in [3.63, 3.8) is 0 Å². The lowest BCUT2D eigenvalue weighted by Crippen LogP contribution is -1.84.